The summed E-state index contributed by atoms with van der Waals surface area (Å²) in [6.07, 6.45) is -14.6. The van der Waals surface area contributed by atoms with Gasteiger partial charge in [-0.2, -0.15) is 12.6 Å². The van der Waals surface area contributed by atoms with Crippen LogP contribution in [0.15, 0.2) is 0 Å². The number of aliphatic hydroxyl groups excluding tert-OH is 7. The van der Waals surface area contributed by atoms with E-state index >= 15 is 0 Å². The van der Waals surface area contributed by atoms with Crippen LogP contribution in [0.25, 0.3) is 0 Å². The van der Waals surface area contributed by atoms with Crippen molar-refractivity contribution in [3.05, 3.63) is 0 Å². The van der Waals surface area contributed by atoms with Crippen molar-refractivity contribution < 1.29 is 50.0 Å². The van der Waals surface area contributed by atoms with Gasteiger partial charge in [0.05, 0.1) is 12.7 Å². The van der Waals surface area contributed by atoms with Gasteiger partial charge in [-0.3, -0.25) is 0 Å². The Morgan fingerprint density at radius 3 is 1.57 bits per heavy atom. The normalized spacial score (nSPS) is 51.7. The third-order valence-corrected chi connectivity index (χ3v) is 4.33. The van der Waals surface area contributed by atoms with Gasteiger partial charge in [0.2, 0.25) is 0 Å². The summed E-state index contributed by atoms with van der Waals surface area (Å²) in [4.78, 5) is 0. The second-order valence-corrected chi connectivity index (χ2v) is 5.90. The van der Waals surface area contributed by atoms with E-state index in [-0.39, 0.29) is 5.75 Å². The van der Waals surface area contributed by atoms with Gasteiger partial charge in [-0.15, -0.1) is 0 Å². The summed E-state index contributed by atoms with van der Waals surface area (Å²) < 4.78 is 15.6. The quantitative estimate of drug-likeness (QED) is 0.229. The zero-order chi connectivity index (χ0) is 17.3. The van der Waals surface area contributed by atoms with Crippen molar-refractivity contribution in [2.45, 2.75) is 61.4 Å². The molecule has 2 heterocycles. The molecule has 10 nitrogen and oxygen atoms in total. The second-order valence-electron chi connectivity index (χ2n) is 5.53. The highest BCUT2D eigenvalue weighted by Gasteiger charge is 2.49. The molecule has 11 heteroatoms. The van der Waals surface area contributed by atoms with Crippen LogP contribution in [0.5, 0.6) is 0 Å². The van der Waals surface area contributed by atoms with Crippen molar-refractivity contribution in [1.82, 2.24) is 0 Å². The fourth-order valence-corrected chi connectivity index (χ4v) is 2.79. The molecule has 2 aliphatic heterocycles. The van der Waals surface area contributed by atoms with Crippen LogP contribution in [0.3, 0.4) is 0 Å². The summed E-state index contributed by atoms with van der Waals surface area (Å²) in [6, 6.07) is 0. The maximum Gasteiger partial charge on any atom is 0.189 e. The molecule has 2 fully saturated rings. The highest BCUT2D eigenvalue weighted by atomic mass is 32.1. The number of thiol groups is 1. The summed E-state index contributed by atoms with van der Waals surface area (Å²) in [5.41, 5.74) is 0. The van der Waals surface area contributed by atoms with E-state index in [9.17, 15) is 30.6 Å². The van der Waals surface area contributed by atoms with Crippen molar-refractivity contribution in [2.75, 3.05) is 12.4 Å². The maximum atomic E-state index is 9.90. The van der Waals surface area contributed by atoms with Crippen LogP contribution in [0, 0.1) is 0 Å². The van der Waals surface area contributed by atoms with E-state index in [1.54, 1.807) is 0 Å². The van der Waals surface area contributed by atoms with E-state index < -0.39 is 68.0 Å². The molecule has 0 bridgehead atoms. The van der Waals surface area contributed by atoms with E-state index in [0.717, 1.165) is 0 Å². The summed E-state index contributed by atoms with van der Waals surface area (Å²) in [5, 5.41) is 67.7. The Morgan fingerprint density at radius 2 is 1.13 bits per heavy atom. The van der Waals surface area contributed by atoms with E-state index in [2.05, 4.69) is 12.6 Å². The molecule has 7 N–H and O–H groups in total. The maximum absolute atomic E-state index is 9.90. The van der Waals surface area contributed by atoms with Crippen molar-refractivity contribution in [2.24, 2.45) is 0 Å². The van der Waals surface area contributed by atoms with Crippen molar-refractivity contribution in [3.63, 3.8) is 0 Å². The number of ether oxygens (including phenoxy) is 3. The topological polar surface area (TPSA) is 169 Å². The van der Waals surface area contributed by atoms with E-state index in [0.29, 0.717) is 0 Å². The van der Waals surface area contributed by atoms with Gasteiger partial charge in [-0.1, -0.05) is 0 Å². The van der Waals surface area contributed by atoms with E-state index in [1.165, 1.54) is 0 Å². The fraction of sp³-hybridized carbons (Fsp3) is 1.00. The van der Waals surface area contributed by atoms with Gasteiger partial charge in [0.15, 0.2) is 12.6 Å². The zero-order valence-corrected chi connectivity index (χ0v) is 12.9. The average Bonchev–Trinajstić information content (AvgIpc) is 2.55. The molecule has 0 aliphatic carbocycles. The molecule has 0 aromatic rings. The SMILES string of the molecule is OCC1O[C@H](O[C@H]2OC(CS)[C@@H](O)C(O)C2O)C(O)[C@H](O)[C@@H]1O. The molecule has 23 heavy (non-hydrogen) atoms. The van der Waals surface area contributed by atoms with Crippen LogP contribution < -0.4 is 0 Å². The first-order valence-electron chi connectivity index (χ1n) is 7.08. The average molecular weight is 358 g/mol. The molecular formula is C12H22O10S. The third kappa shape index (κ3) is 3.80. The molecule has 2 rings (SSSR count). The lowest BCUT2D eigenvalue weighted by molar-refractivity contribution is -0.373. The molecule has 0 aromatic carbocycles. The predicted octanol–water partition coefficient (Wildman–Crippen LogP) is -4.46. The first kappa shape index (κ1) is 19.3. The highest BCUT2D eigenvalue weighted by Crippen LogP contribution is 2.28. The molecule has 2 saturated heterocycles. The Balaban J connectivity index is 2.07. The van der Waals surface area contributed by atoms with Crippen LogP contribution in [0.1, 0.15) is 0 Å². The number of aliphatic hydroxyl groups is 7. The smallest absolute Gasteiger partial charge is 0.189 e. The Labute approximate surface area is 137 Å². The molecule has 0 saturated carbocycles. The molecule has 136 valence electrons. The molecular weight excluding hydrogens is 336 g/mol. The van der Waals surface area contributed by atoms with Crippen molar-refractivity contribution >= 4 is 12.6 Å². The van der Waals surface area contributed by atoms with Gasteiger partial charge in [0.1, 0.15) is 42.7 Å². The molecule has 2 aliphatic rings. The number of hydrogen-bond acceptors (Lipinski definition) is 11. The Kier molecular flexibility index (Phi) is 6.61. The van der Waals surface area contributed by atoms with Gasteiger partial charge in [0.25, 0.3) is 0 Å². The van der Waals surface area contributed by atoms with Gasteiger partial charge in [-0.05, 0) is 0 Å². The standard InChI is InChI=1S/C12H22O10S/c13-1-3-5(14)7(16)9(18)11(20-3)22-12-10(19)8(17)6(15)4(2-23)21-12/h3-19,23H,1-2H2/t3?,4?,5-,6-,7-,8?,9?,10?,11-,12-/m1/s1. The van der Waals surface area contributed by atoms with Gasteiger partial charge in [0, 0.05) is 5.75 Å². The van der Waals surface area contributed by atoms with Gasteiger partial charge in [-0.25, -0.2) is 0 Å². The Morgan fingerprint density at radius 1 is 0.696 bits per heavy atom. The molecule has 0 radical (unpaired) electrons. The lowest BCUT2D eigenvalue weighted by Gasteiger charge is -2.44. The lowest BCUT2D eigenvalue weighted by Crippen LogP contribution is -2.63. The number of rotatable bonds is 4. The lowest BCUT2D eigenvalue weighted by atomic mass is 9.98. The molecule has 0 aromatic heterocycles. The van der Waals surface area contributed by atoms with Crippen molar-refractivity contribution in [1.29, 1.82) is 0 Å². The Hall–Kier alpha value is -0.0500. The monoisotopic (exact) mass is 358 g/mol. The van der Waals surface area contributed by atoms with Crippen molar-refractivity contribution in [3.8, 4) is 0 Å². The first-order chi connectivity index (χ1) is 10.8. The summed E-state index contributed by atoms with van der Waals surface area (Å²) in [6.45, 7) is -0.639. The largest absolute Gasteiger partial charge is 0.394 e. The van der Waals surface area contributed by atoms with Crippen LogP contribution in [0.2, 0.25) is 0 Å². The molecule has 0 amide bonds. The zero-order valence-electron chi connectivity index (χ0n) is 12.0. The third-order valence-electron chi connectivity index (χ3n) is 3.97. The first-order valence-corrected chi connectivity index (χ1v) is 7.71. The molecule has 0 spiro atoms. The molecule has 10 atom stereocenters. The van der Waals surface area contributed by atoms with Gasteiger partial charge >= 0.3 is 0 Å². The van der Waals surface area contributed by atoms with Crippen LogP contribution >= 0.6 is 12.6 Å². The summed E-state index contributed by atoms with van der Waals surface area (Å²) >= 11 is 3.95. The van der Waals surface area contributed by atoms with E-state index in [4.69, 9.17) is 19.3 Å². The molecule has 5 unspecified atom stereocenters. The minimum atomic E-state index is -1.68. The predicted molar refractivity (Wildman–Crippen MR) is 75.4 cm³/mol. The van der Waals surface area contributed by atoms with Crippen LogP contribution in [0.4, 0.5) is 0 Å². The minimum absolute atomic E-state index is 0.0273. The van der Waals surface area contributed by atoms with E-state index in [1.807, 2.05) is 0 Å². The fourth-order valence-electron chi connectivity index (χ4n) is 2.49. The highest BCUT2D eigenvalue weighted by molar-refractivity contribution is 7.80. The van der Waals surface area contributed by atoms with Gasteiger partial charge < -0.3 is 50.0 Å². The van der Waals surface area contributed by atoms with Crippen LogP contribution in [-0.2, 0) is 14.2 Å². The van der Waals surface area contributed by atoms with Crippen LogP contribution in [-0.4, -0.2) is 110 Å². The summed E-state index contributed by atoms with van der Waals surface area (Å²) in [7, 11) is 0. The Bertz CT molecular complexity index is 349. The number of hydrogen-bond donors (Lipinski definition) is 8. The second kappa shape index (κ2) is 7.89. The minimum Gasteiger partial charge on any atom is -0.394 e. The summed E-state index contributed by atoms with van der Waals surface area (Å²) in [5.74, 6) is 0.0273.